The second kappa shape index (κ2) is 5.88. The van der Waals surface area contributed by atoms with Crippen LogP contribution in [0.3, 0.4) is 0 Å². The molecule has 1 amide bonds. The maximum atomic E-state index is 12.6. The number of hydrogen-bond acceptors (Lipinski definition) is 3. The van der Waals surface area contributed by atoms with Gasteiger partial charge in [0.25, 0.3) is 0 Å². The Balaban J connectivity index is 1.80. The van der Waals surface area contributed by atoms with Gasteiger partial charge < -0.3 is 10.4 Å². The largest absolute Gasteiger partial charge is 0.481 e. The summed E-state index contributed by atoms with van der Waals surface area (Å²) in [6.45, 7) is 4.55. The minimum atomic E-state index is -0.831. The van der Waals surface area contributed by atoms with Gasteiger partial charge in [-0.2, -0.15) is 0 Å². The molecule has 4 nitrogen and oxygen atoms in total. The summed E-state index contributed by atoms with van der Waals surface area (Å²) in [5.41, 5.74) is 2.41. The Bertz CT molecular complexity index is 616. The predicted octanol–water partition coefficient (Wildman–Crippen LogP) is 3.06. The monoisotopic (exact) mass is 319 g/mol. The molecule has 4 atom stereocenters. The van der Waals surface area contributed by atoms with Crippen LogP contribution in [0.2, 0.25) is 0 Å². The molecule has 0 radical (unpaired) electrons. The molecule has 3 rings (SSSR count). The first-order chi connectivity index (χ1) is 10.5. The third-order valence-corrected chi connectivity index (χ3v) is 5.90. The first kappa shape index (κ1) is 15.3. The van der Waals surface area contributed by atoms with E-state index in [-0.39, 0.29) is 17.7 Å². The normalized spacial score (nSPS) is 29.6. The van der Waals surface area contributed by atoms with Crippen LogP contribution in [-0.4, -0.2) is 17.0 Å². The molecule has 2 bridgehead atoms. The SMILES string of the molecule is CC(C)=C1[C@H]2CC[C@H]1[C@@H](C(=O)O)[C@H]2C(=O)NCc1cccs1. The van der Waals surface area contributed by atoms with Gasteiger partial charge in [-0.15, -0.1) is 11.3 Å². The fourth-order valence-corrected chi connectivity index (χ4v) is 4.95. The highest BCUT2D eigenvalue weighted by Gasteiger charge is 2.57. The van der Waals surface area contributed by atoms with Crippen molar-refractivity contribution in [3.05, 3.63) is 33.5 Å². The average Bonchev–Trinajstić information content (AvgIpc) is 3.17. The molecule has 0 aromatic carbocycles. The van der Waals surface area contributed by atoms with Crippen molar-refractivity contribution in [2.75, 3.05) is 0 Å². The Morgan fingerprint density at radius 2 is 1.95 bits per heavy atom. The van der Waals surface area contributed by atoms with Crippen LogP contribution in [0.1, 0.15) is 31.6 Å². The van der Waals surface area contributed by atoms with Crippen molar-refractivity contribution in [2.45, 2.75) is 33.2 Å². The number of amides is 1. The van der Waals surface area contributed by atoms with E-state index in [0.717, 1.165) is 17.7 Å². The Hall–Kier alpha value is -1.62. The Morgan fingerprint density at radius 1 is 1.27 bits per heavy atom. The lowest BCUT2D eigenvalue weighted by molar-refractivity contribution is -0.149. The molecule has 1 aromatic heterocycles. The third kappa shape index (κ3) is 2.47. The molecule has 2 fully saturated rings. The highest BCUT2D eigenvalue weighted by atomic mass is 32.1. The summed E-state index contributed by atoms with van der Waals surface area (Å²) in [6.07, 6.45) is 1.84. The van der Waals surface area contributed by atoms with Crippen LogP contribution in [-0.2, 0) is 16.1 Å². The predicted molar refractivity (Wildman–Crippen MR) is 85.4 cm³/mol. The van der Waals surface area contributed by atoms with Crippen LogP contribution in [0, 0.1) is 23.7 Å². The summed E-state index contributed by atoms with van der Waals surface area (Å²) in [7, 11) is 0. The maximum absolute atomic E-state index is 12.6. The van der Waals surface area contributed by atoms with Gasteiger partial charge in [-0.1, -0.05) is 17.2 Å². The van der Waals surface area contributed by atoms with E-state index in [4.69, 9.17) is 0 Å². The highest BCUT2D eigenvalue weighted by Crippen LogP contribution is 2.57. The molecule has 22 heavy (non-hydrogen) atoms. The lowest BCUT2D eigenvalue weighted by Crippen LogP contribution is -2.40. The van der Waals surface area contributed by atoms with E-state index >= 15 is 0 Å². The molecule has 2 aliphatic rings. The molecular formula is C17H21NO3S. The summed E-state index contributed by atoms with van der Waals surface area (Å²) < 4.78 is 0. The van der Waals surface area contributed by atoms with E-state index in [1.807, 2.05) is 31.4 Å². The smallest absolute Gasteiger partial charge is 0.307 e. The molecule has 0 saturated heterocycles. The number of carboxylic acids is 1. The van der Waals surface area contributed by atoms with Gasteiger partial charge in [0.2, 0.25) is 5.91 Å². The number of fused-ring (bicyclic) bond motifs is 2. The quantitative estimate of drug-likeness (QED) is 0.838. The molecule has 1 heterocycles. The average molecular weight is 319 g/mol. The van der Waals surface area contributed by atoms with Crippen molar-refractivity contribution < 1.29 is 14.7 Å². The van der Waals surface area contributed by atoms with Crippen molar-refractivity contribution >= 4 is 23.2 Å². The molecule has 2 aliphatic carbocycles. The van der Waals surface area contributed by atoms with Gasteiger partial charge in [0.15, 0.2) is 0 Å². The topological polar surface area (TPSA) is 66.4 Å². The molecule has 2 N–H and O–H groups in total. The zero-order chi connectivity index (χ0) is 15.9. The Labute approximate surface area is 134 Å². The molecule has 0 spiro atoms. The molecule has 118 valence electrons. The first-order valence-corrected chi connectivity index (χ1v) is 8.58. The highest BCUT2D eigenvalue weighted by molar-refractivity contribution is 7.09. The Kier molecular flexibility index (Phi) is 4.08. The lowest BCUT2D eigenvalue weighted by atomic mass is 9.79. The number of carbonyl (C=O) groups is 2. The molecule has 0 unspecified atom stereocenters. The number of rotatable bonds is 4. The Morgan fingerprint density at radius 3 is 2.50 bits per heavy atom. The van der Waals surface area contributed by atoms with Gasteiger partial charge in [0, 0.05) is 4.88 Å². The van der Waals surface area contributed by atoms with Crippen LogP contribution in [0.4, 0.5) is 0 Å². The minimum absolute atomic E-state index is 0.0463. The van der Waals surface area contributed by atoms with Crippen molar-refractivity contribution in [2.24, 2.45) is 23.7 Å². The fourth-order valence-electron chi connectivity index (χ4n) is 4.31. The van der Waals surface area contributed by atoms with E-state index in [2.05, 4.69) is 5.32 Å². The number of carbonyl (C=O) groups excluding carboxylic acids is 1. The molecule has 0 aliphatic heterocycles. The van der Waals surface area contributed by atoms with Crippen molar-refractivity contribution in [3.8, 4) is 0 Å². The fraction of sp³-hybridized carbons (Fsp3) is 0.529. The van der Waals surface area contributed by atoms with E-state index in [1.54, 1.807) is 11.3 Å². The summed E-state index contributed by atoms with van der Waals surface area (Å²) in [5, 5.41) is 14.5. The van der Waals surface area contributed by atoms with E-state index in [0.29, 0.717) is 6.54 Å². The van der Waals surface area contributed by atoms with Gasteiger partial charge in [-0.25, -0.2) is 0 Å². The number of nitrogens with one attached hydrogen (secondary N) is 1. The van der Waals surface area contributed by atoms with E-state index in [1.165, 1.54) is 11.1 Å². The molecular weight excluding hydrogens is 298 g/mol. The standard InChI is InChI=1S/C17H21NO3S/c1-9(2)13-11-5-6-12(13)15(17(20)21)14(11)16(19)18-8-10-4-3-7-22-10/h3-4,7,11-12,14-15H,5-6,8H2,1-2H3,(H,18,19)(H,20,21)/t11-,12-,14+,15-/m1/s1. The minimum Gasteiger partial charge on any atom is -0.481 e. The van der Waals surface area contributed by atoms with Gasteiger partial charge in [-0.3, -0.25) is 9.59 Å². The van der Waals surface area contributed by atoms with Gasteiger partial charge in [0.05, 0.1) is 18.4 Å². The zero-order valence-electron chi connectivity index (χ0n) is 12.8. The van der Waals surface area contributed by atoms with Gasteiger partial charge in [-0.05, 0) is 50.0 Å². The lowest BCUT2D eigenvalue weighted by Gasteiger charge is -2.26. The molecule has 5 heteroatoms. The van der Waals surface area contributed by atoms with Crippen LogP contribution >= 0.6 is 11.3 Å². The maximum Gasteiger partial charge on any atom is 0.307 e. The van der Waals surface area contributed by atoms with Crippen molar-refractivity contribution in [3.63, 3.8) is 0 Å². The first-order valence-electron chi connectivity index (χ1n) is 7.71. The second-order valence-corrected chi connectivity index (χ2v) is 7.46. The number of thiophene rings is 1. The number of allylic oxidation sites excluding steroid dienone is 2. The zero-order valence-corrected chi connectivity index (χ0v) is 13.7. The third-order valence-electron chi connectivity index (χ3n) is 5.02. The number of aliphatic carboxylic acids is 1. The van der Waals surface area contributed by atoms with Gasteiger partial charge >= 0.3 is 5.97 Å². The van der Waals surface area contributed by atoms with Crippen molar-refractivity contribution in [1.82, 2.24) is 5.32 Å². The van der Waals surface area contributed by atoms with Crippen LogP contribution in [0.15, 0.2) is 28.7 Å². The summed E-state index contributed by atoms with van der Waals surface area (Å²) >= 11 is 1.59. The van der Waals surface area contributed by atoms with E-state index in [9.17, 15) is 14.7 Å². The summed E-state index contributed by atoms with van der Waals surface area (Å²) in [5.74, 6) is -1.76. The summed E-state index contributed by atoms with van der Waals surface area (Å²) in [6, 6.07) is 3.92. The number of hydrogen-bond donors (Lipinski definition) is 2. The molecule has 1 aromatic rings. The van der Waals surface area contributed by atoms with Crippen LogP contribution in [0.25, 0.3) is 0 Å². The van der Waals surface area contributed by atoms with Crippen LogP contribution < -0.4 is 5.32 Å². The molecule has 2 saturated carbocycles. The van der Waals surface area contributed by atoms with E-state index < -0.39 is 17.8 Å². The van der Waals surface area contributed by atoms with Crippen molar-refractivity contribution in [1.29, 1.82) is 0 Å². The second-order valence-electron chi connectivity index (χ2n) is 6.43. The van der Waals surface area contributed by atoms with Crippen LogP contribution in [0.5, 0.6) is 0 Å². The summed E-state index contributed by atoms with van der Waals surface area (Å²) in [4.78, 5) is 25.4. The number of carboxylic acid groups (broad SMARTS) is 1. The van der Waals surface area contributed by atoms with Gasteiger partial charge in [0.1, 0.15) is 0 Å².